The standard InChI is InChI=1S/C22H28N6O2/c1-15-6-5-7-19(12-15)30-16(2)13-24-22(23-3)25-14-20-26-21(28-27-20)17-8-10-18(29-4)11-9-17/h5-12,16H,13-14H2,1-4H3,(H2,23,24,25)(H,26,27,28). The molecule has 2 aromatic carbocycles. The average Bonchev–Trinajstić information content (AvgIpc) is 3.23. The highest BCUT2D eigenvalue weighted by Gasteiger charge is 2.09. The molecule has 3 N–H and O–H groups in total. The monoisotopic (exact) mass is 408 g/mol. The van der Waals surface area contributed by atoms with Crippen molar-refractivity contribution >= 4 is 5.96 Å². The summed E-state index contributed by atoms with van der Waals surface area (Å²) in [4.78, 5) is 8.77. The van der Waals surface area contributed by atoms with Crippen molar-refractivity contribution in [3.63, 3.8) is 0 Å². The molecule has 0 radical (unpaired) electrons. The summed E-state index contributed by atoms with van der Waals surface area (Å²) in [6.07, 6.45) is -0.0164. The molecule has 0 amide bonds. The first-order valence-electron chi connectivity index (χ1n) is 9.81. The number of rotatable bonds is 8. The average molecular weight is 409 g/mol. The number of guanidine groups is 1. The Morgan fingerprint density at radius 1 is 1.13 bits per heavy atom. The molecular weight excluding hydrogens is 380 g/mol. The van der Waals surface area contributed by atoms with Crippen molar-refractivity contribution in [2.45, 2.75) is 26.5 Å². The molecule has 3 aromatic rings. The van der Waals surface area contributed by atoms with Crippen molar-refractivity contribution in [2.24, 2.45) is 4.99 Å². The molecule has 0 fully saturated rings. The van der Waals surface area contributed by atoms with Crippen molar-refractivity contribution in [1.82, 2.24) is 25.8 Å². The van der Waals surface area contributed by atoms with E-state index in [1.165, 1.54) is 5.56 Å². The van der Waals surface area contributed by atoms with Gasteiger partial charge in [-0.25, -0.2) is 4.98 Å². The lowest BCUT2D eigenvalue weighted by Gasteiger charge is -2.17. The summed E-state index contributed by atoms with van der Waals surface area (Å²) in [5.74, 6) is 3.68. The number of nitrogens with one attached hydrogen (secondary N) is 3. The van der Waals surface area contributed by atoms with Crippen LogP contribution in [0, 0.1) is 6.92 Å². The van der Waals surface area contributed by atoms with E-state index in [-0.39, 0.29) is 6.10 Å². The van der Waals surface area contributed by atoms with E-state index in [1.807, 2.05) is 62.4 Å². The lowest BCUT2D eigenvalue weighted by molar-refractivity contribution is 0.223. The number of H-pyrrole nitrogens is 1. The fourth-order valence-corrected chi connectivity index (χ4v) is 2.83. The fraction of sp³-hybridized carbons (Fsp3) is 0.318. The Kier molecular flexibility index (Phi) is 7.26. The molecule has 8 nitrogen and oxygen atoms in total. The highest BCUT2D eigenvalue weighted by Crippen LogP contribution is 2.19. The van der Waals surface area contributed by atoms with Crippen LogP contribution in [0.15, 0.2) is 53.5 Å². The van der Waals surface area contributed by atoms with E-state index in [1.54, 1.807) is 14.2 Å². The summed E-state index contributed by atoms with van der Waals surface area (Å²) < 4.78 is 11.1. The summed E-state index contributed by atoms with van der Waals surface area (Å²) in [5.41, 5.74) is 2.09. The summed E-state index contributed by atoms with van der Waals surface area (Å²) >= 11 is 0. The van der Waals surface area contributed by atoms with Gasteiger partial charge in [0.05, 0.1) is 20.2 Å². The Bertz CT molecular complexity index is 968. The second kappa shape index (κ2) is 10.3. The van der Waals surface area contributed by atoms with Crippen LogP contribution in [0.4, 0.5) is 0 Å². The third kappa shape index (κ3) is 5.97. The van der Waals surface area contributed by atoms with Gasteiger partial charge in [-0.15, -0.1) is 0 Å². The summed E-state index contributed by atoms with van der Waals surface area (Å²) in [5, 5.41) is 13.7. The minimum Gasteiger partial charge on any atom is -0.497 e. The predicted octanol–water partition coefficient (Wildman–Crippen LogP) is 2.92. The number of methoxy groups -OCH3 is 1. The van der Waals surface area contributed by atoms with Gasteiger partial charge in [0.25, 0.3) is 0 Å². The molecule has 0 spiro atoms. The molecule has 0 bridgehead atoms. The van der Waals surface area contributed by atoms with Crippen molar-refractivity contribution in [3.8, 4) is 22.9 Å². The first-order valence-corrected chi connectivity index (χ1v) is 9.81. The number of aryl methyl sites for hydroxylation is 1. The number of ether oxygens (including phenoxy) is 2. The molecule has 0 aliphatic carbocycles. The molecule has 1 heterocycles. The third-order valence-corrected chi connectivity index (χ3v) is 4.41. The van der Waals surface area contributed by atoms with Gasteiger partial charge in [-0.3, -0.25) is 10.1 Å². The zero-order valence-electron chi connectivity index (χ0n) is 17.8. The third-order valence-electron chi connectivity index (χ3n) is 4.41. The quantitative estimate of drug-likeness (QED) is 0.392. The topological polar surface area (TPSA) is 96.5 Å². The van der Waals surface area contributed by atoms with Crippen LogP contribution < -0.4 is 20.1 Å². The Balaban J connectivity index is 1.47. The predicted molar refractivity (Wildman–Crippen MR) is 118 cm³/mol. The number of hydrogen-bond acceptors (Lipinski definition) is 5. The van der Waals surface area contributed by atoms with Crippen LogP contribution in [0.1, 0.15) is 18.3 Å². The van der Waals surface area contributed by atoms with Crippen molar-refractivity contribution < 1.29 is 9.47 Å². The van der Waals surface area contributed by atoms with Gasteiger partial charge in [0.2, 0.25) is 0 Å². The van der Waals surface area contributed by atoms with Crippen molar-refractivity contribution in [3.05, 3.63) is 59.9 Å². The maximum absolute atomic E-state index is 5.94. The van der Waals surface area contributed by atoms with Gasteiger partial charge in [0.15, 0.2) is 11.8 Å². The molecule has 1 atom stereocenters. The van der Waals surface area contributed by atoms with E-state index in [4.69, 9.17) is 9.47 Å². The van der Waals surface area contributed by atoms with Crippen molar-refractivity contribution in [2.75, 3.05) is 20.7 Å². The number of aromatic amines is 1. The van der Waals surface area contributed by atoms with E-state index >= 15 is 0 Å². The molecule has 0 aliphatic rings. The van der Waals surface area contributed by atoms with E-state index < -0.39 is 0 Å². The molecule has 0 aliphatic heterocycles. The number of nitrogens with zero attached hydrogens (tertiary/aromatic N) is 3. The summed E-state index contributed by atoms with van der Waals surface area (Å²) in [6.45, 7) is 5.14. The smallest absolute Gasteiger partial charge is 0.191 e. The van der Waals surface area contributed by atoms with Crippen LogP contribution in [-0.2, 0) is 6.54 Å². The first-order chi connectivity index (χ1) is 14.6. The molecule has 0 saturated heterocycles. The maximum Gasteiger partial charge on any atom is 0.191 e. The number of hydrogen-bond donors (Lipinski definition) is 3. The number of aliphatic imine (C=N–C) groups is 1. The minimum absolute atomic E-state index is 0.0164. The number of aromatic nitrogens is 3. The second-order valence-electron chi connectivity index (χ2n) is 6.89. The van der Waals surface area contributed by atoms with Crippen molar-refractivity contribution in [1.29, 1.82) is 0 Å². The van der Waals surface area contributed by atoms with Gasteiger partial charge in [0, 0.05) is 12.6 Å². The van der Waals surface area contributed by atoms with Crippen LogP contribution in [0.25, 0.3) is 11.4 Å². The summed E-state index contributed by atoms with van der Waals surface area (Å²) in [6, 6.07) is 15.6. The molecule has 3 rings (SSSR count). The van der Waals surface area contributed by atoms with Crippen LogP contribution in [0.3, 0.4) is 0 Å². The Labute approximate surface area is 176 Å². The van der Waals surface area contributed by atoms with Gasteiger partial charge < -0.3 is 20.1 Å². The molecule has 1 aromatic heterocycles. The highest BCUT2D eigenvalue weighted by molar-refractivity contribution is 5.79. The largest absolute Gasteiger partial charge is 0.497 e. The maximum atomic E-state index is 5.94. The number of benzene rings is 2. The van der Waals surface area contributed by atoms with Crippen LogP contribution in [-0.4, -0.2) is 47.9 Å². The van der Waals surface area contributed by atoms with Crippen LogP contribution in [0.5, 0.6) is 11.5 Å². The minimum atomic E-state index is -0.0164. The van der Waals surface area contributed by atoms with Crippen LogP contribution >= 0.6 is 0 Å². The van der Waals surface area contributed by atoms with Gasteiger partial charge in [0.1, 0.15) is 23.4 Å². The Morgan fingerprint density at radius 2 is 1.93 bits per heavy atom. The zero-order chi connectivity index (χ0) is 21.3. The Morgan fingerprint density at radius 3 is 2.63 bits per heavy atom. The zero-order valence-corrected chi connectivity index (χ0v) is 17.8. The molecule has 30 heavy (non-hydrogen) atoms. The molecule has 1 unspecified atom stereocenters. The first kappa shape index (κ1) is 21.2. The lowest BCUT2D eigenvalue weighted by atomic mass is 10.2. The molecule has 8 heteroatoms. The molecule has 158 valence electrons. The highest BCUT2D eigenvalue weighted by atomic mass is 16.5. The SMILES string of the molecule is CN=C(NCc1nc(-c2ccc(OC)cc2)n[nH]1)NCC(C)Oc1cccc(C)c1. The lowest BCUT2D eigenvalue weighted by Crippen LogP contribution is -2.41. The second-order valence-corrected chi connectivity index (χ2v) is 6.89. The summed E-state index contributed by atoms with van der Waals surface area (Å²) in [7, 11) is 3.37. The van der Waals surface area contributed by atoms with E-state index in [0.29, 0.717) is 30.7 Å². The molecular formula is C22H28N6O2. The van der Waals surface area contributed by atoms with E-state index in [9.17, 15) is 0 Å². The fourth-order valence-electron chi connectivity index (χ4n) is 2.83. The Hall–Kier alpha value is -3.55. The normalized spacial score (nSPS) is 12.3. The van der Waals surface area contributed by atoms with E-state index in [0.717, 1.165) is 17.1 Å². The van der Waals surface area contributed by atoms with Crippen LogP contribution in [0.2, 0.25) is 0 Å². The van der Waals surface area contributed by atoms with Gasteiger partial charge in [-0.05, 0) is 55.8 Å². The van der Waals surface area contributed by atoms with Gasteiger partial charge in [-0.2, -0.15) is 5.10 Å². The van der Waals surface area contributed by atoms with Gasteiger partial charge >= 0.3 is 0 Å². The van der Waals surface area contributed by atoms with Gasteiger partial charge in [-0.1, -0.05) is 12.1 Å². The van der Waals surface area contributed by atoms with E-state index in [2.05, 4.69) is 30.8 Å². The molecule has 0 saturated carbocycles.